The van der Waals surface area contributed by atoms with E-state index in [1.165, 1.54) is 11.2 Å². The molecule has 0 bridgehead atoms. The molecule has 2 amide bonds. The monoisotopic (exact) mass is 415 g/mol. The molecule has 31 heavy (non-hydrogen) atoms. The van der Waals surface area contributed by atoms with Crippen LogP contribution in [0.2, 0.25) is 0 Å². The molecular formula is C24H21N3O4. The summed E-state index contributed by atoms with van der Waals surface area (Å²) in [7, 11) is 0. The molecule has 4 rings (SSSR count). The fourth-order valence-electron chi connectivity index (χ4n) is 3.13. The quantitative estimate of drug-likeness (QED) is 0.479. The Labute approximate surface area is 179 Å². The van der Waals surface area contributed by atoms with Gasteiger partial charge in [0.05, 0.1) is 12.8 Å². The molecule has 0 saturated heterocycles. The number of carbonyl (C=O) groups is 2. The first-order valence-corrected chi connectivity index (χ1v) is 9.79. The maximum Gasteiger partial charge on any atom is 0.276 e. The molecule has 2 heterocycles. The number of aromatic nitrogens is 1. The molecular weight excluding hydrogens is 394 g/mol. The molecule has 7 nitrogen and oxygen atoms in total. The van der Waals surface area contributed by atoms with E-state index in [2.05, 4.69) is 10.3 Å². The van der Waals surface area contributed by atoms with Gasteiger partial charge in [-0.3, -0.25) is 9.59 Å². The van der Waals surface area contributed by atoms with Crippen LogP contribution in [0.15, 0.2) is 87.9 Å². The number of nitrogens with zero attached hydrogens (tertiary/aromatic N) is 2. The second-order valence-corrected chi connectivity index (χ2v) is 6.94. The van der Waals surface area contributed by atoms with Crippen LogP contribution in [-0.2, 0) is 11.3 Å². The number of carbonyl (C=O) groups excluding carboxylic acids is 2. The fourth-order valence-corrected chi connectivity index (χ4v) is 3.13. The van der Waals surface area contributed by atoms with E-state index >= 15 is 0 Å². The Morgan fingerprint density at radius 3 is 2.35 bits per heavy atom. The zero-order valence-electron chi connectivity index (χ0n) is 16.9. The third-order valence-corrected chi connectivity index (χ3v) is 4.63. The lowest BCUT2D eigenvalue weighted by atomic mass is 10.2. The Kier molecular flexibility index (Phi) is 5.93. The zero-order chi connectivity index (χ0) is 21.6. The molecule has 0 spiro atoms. The van der Waals surface area contributed by atoms with Crippen LogP contribution in [-0.4, -0.2) is 28.2 Å². The van der Waals surface area contributed by atoms with Crippen molar-refractivity contribution in [2.45, 2.75) is 13.5 Å². The van der Waals surface area contributed by atoms with Gasteiger partial charge < -0.3 is 19.1 Å². The summed E-state index contributed by atoms with van der Waals surface area (Å²) >= 11 is 0. The minimum absolute atomic E-state index is 0.126. The van der Waals surface area contributed by atoms with Gasteiger partial charge in [0.15, 0.2) is 5.69 Å². The van der Waals surface area contributed by atoms with Gasteiger partial charge in [0.25, 0.3) is 5.91 Å². The SMILES string of the molecule is Cc1oc(-c2ccccc2)nc1C(=O)N(CC(=O)Nc1ccccc1)Cc1ccco1. The van der Waals surface area contributed by atoms with Crippen LogP contribution in [0.4, 0.5) is 5.69 Å². The largest absolute Gasteiger partial charge is 0.467 e. The Bertz CT molecular complexity index is 1150. The number of hydrogen-bond acceptors (Lipinski definition) is 5. The molecule has 1 N–H and O–H groups in total. The Morgan fingerprint density at radius 2 is 1.68 bits per heavy atom. The predicted molar refractivity (Wildman–Crippen MR) is 115 cm³/mol. The van der Waals surface area contributed by atoms with Gasteiger partial charge in [-0.05, 0) is 43.3 Å². The number of nitrogens with one attached hydrogen (secondary N) is 1. The first kappa shape index (κ1) is 20.2. The molecule has 0 radical (unpaired) electrons. The predicted octanol–water partition coefficient (Wildman–Crippen LogP) is 4.52. The van der Waals surface area contributed by atoms with Gasteiger partial charge in [0, 0.05) is 11.3 Å². The molecule has 7 heteroatoms. The molecule has 0 unspecified atom stereocenters. The van der Waals surface area contributed by atoms with Gasteiger partial charge in [0.2, 0.25) is 11.8 Å². The summed E-state index contributed by atoms with van der Waals surface area (Å²) in [6.07, 6.45) is 1.52. The molecule has 0 fully saturated rings. The van der Waals surface area contributed by atoms with E-state index in [1.54, 1.807) is 31.2 Å². The molecule has 0 aliphatic rings. The van der Waals surface area contributed by atoms with E-state index in [0.29, 0.717) is 23.1 Å². The van der Waals surface area contributed by atoms with Crippen molar-refractivity contribution < 1.29 is 18.4 Å². The third kappa shape index (κ3) is 4.90. The summed E-state index contributed by atoms with van der Waals surface area (Å²) < 4.78 is 11.1. The summed E-state index contributed by atoms with van der Waals surface area (Å²) in [4.78, 5) is 31.7. The highest BCUT2D eigenvalue weighted by atomic mass is 16.4. The smallest absolute Gasteiger partial charge is 0.276 e. The maximum atomic E-state index is 13.3. The average Bonchev–Trinajstić information content (AvgIpc) is 3.44. The highest BCUT2D eigenvalue weighted by molar-refractivity contribution is 5.99. The molecule has 2 aromatic heterocycles. The zero-order valence-corrected chi connectivity index (χ0v) is 16.9. The van der Waals surface area contributed by atoms with E-state index in [0.717, 1.165) is 5.56 Å². The lowest BCUT2D eigenvalue weighted by Gasteiger charge is -2.20. The summed E-state index contributed by atoms with van der Waals surface area (Å²) in [5.41, 5.74) is 1.59. The van der Waals surface area contributed by atoms with Crippen molar-refractivity contribution in [1.82, 2.24) is 9.88 Å². The minimum atomic E-state index is -0.414. The van der Waals surface area contributed by atoms with Crippen LogP contribution in [0.3, 0.4) is 0 Å². The minimum Gasteiger partial charge on any atom is -0.467 e. The van der Waals surface area contributed by atoms with Gasteiger partial charge in [-0.25, -0.2) is 4.98 Å². The van der Waals surface area contributed by atoms with Crippen LogP contribution in [0.1, 0.15) is 22.0 Å². The highest BCUT2D eigenvalue weighted by Crippen LogP contribution is 2.23. The maximum absolute atomic E-state index is 13.3. The second kappa shape index (κ2) is 9.13. The second-order valence-electron chi connectivity index (χ2n) is 6.94. The Hall–Kier alpha value is -4.13. The summed E-state index contributed by atoms with van der Waals surface area (Å²) in [6, 6.07) is 21.9. The van der Waals surface area contributed by atoms with E-state index in [1.807, 2.05) is 48.5 Å². The number of furan rings is 1. The Morgan fingerprint density at radius 1 is 0.968 bits per heavy atom. The van der Waals surface area contributed by atoms with Crippen molar-refractivity contribution in [1.29, 1.82) is 0 Å². The van der Waals surface area contributed by atoms with Gasteiger partial charge in [-0.1, -0.05) is 36.4 Å². The van der Waals surface area contributed by atoms with Crippen molar-refractivity contribution in [3.05, 3.63) is 96.3 Å². The molecule has 4 aromatic rings. The first-order chi connectivity index (χ1) is 15.1. The van der Waals surface area contributed by atoms with Crippen LogP contribution < -0.4 is 5.32 Å². The molecule has 0 saturated carbocycles. The Balaban J connectivity index is 1.57. The number of para-hydroxylation sites is 1. The van der Waals surface area contributed by atoms with Crippen molar-refractivity contribution in [2.24, 2.45) is 0 Å². The molecule has 0 atom stereocenters. The van der Waals surface area contributed by atoms with Gasteiger partial charge in [-0.15, -0.1) is 0 Å². The average molecular weight is 415 g/mol. The van der Waals surface area contributed by atoms with Gasteiger partial charge in [0.1, 0.15) is 18.1 Å². The molecule has 0 aliphatic carbocycles. The van der Waals surface area contributed by atoms with Gasteiger partial charge in [-0.2, -0.15) is 0 Å². The van der Waals surface area contributed by atoms with E-state index in [4.69, 9.17) is 8.83 Å². The number of hydrogen-bond donors (Lipinski definition) is 1. The van der Waals surface area contributed by atoms with Crippen LogP contribution >= 0.6 is 0 Å². The summed E-state index contributed by atoms with van der Waals surface area (Å²) in [5.74, 6) is 0.564. The lowest BCUT2D eigenvalue weighted by molar-refractivity contribution is -0.117. The molecule has 0 aliphatic heterocycles. The van der Waals surface area contributed by atoms with Crippen molar-refractivity contribution in [3.8, 4) is 11.5 Å². The highest BCUT2D eigenvalue weighted by Gasteiger charge is 2.26. The standard InChI is InChI=1S/C24H21N3O4/c1-17-22(26-23(31-17)18-9-4-2-5-10-18)24(29)27(15-20-13-8-14-30-20)16-21(28)25-19-11-6-3-7-12-19/h2-14H,15-16H2,1H3,(H,25,28). The van der Waals surface area contributed by atoms with Crippen LogP contribution in [0.5, 0.6) is 0 Å². The number of oxazole rings is 1. The molecule has 2 aromatic carbocycles. The number of benzene rings is 2. The number of rotatable bonds is 7. The topological polar surface area (TPSA) is 88.6 Å². The van der Waals surface area contributed by atoms with E-state index in [9.17, 15) is 9.59 Å². The van der Waals surface area contributed by atoms with Crippen molar-refractivity contribution >= 4 is 17.5 Å². The number of anilines is 1. The number of amides is 2. The van der Waals surface area contributed by atoms with Gasteiger partial charge >= 0.3 is 0 Å². The third-order valence-electron chi connectivity index (χ3n) is 4.63. The van der Waals surface area contributed by atoms with Crippen molar-refractivity contribution in [2.75, 3.05) is 11.9 Å². The fraction of sp³-hybridized carbons (Fsp3) is 0.125. The number of aryl methyl sites for hydroxylation is 1. The lowest BCUT2D eigenvalue weighted by Crippen LogP contribution is -2.38. The molecule has 156 valence electrons. The first-order valence-electron chi connectivity index (χ1n) is 9.79. The van der Waals surface area contributed by atoms with Crippen LogP contribution in [0, 0.1) is 6.92 Å². The summed E-state index contributed by atoms with van der Waals surface area (Å²) in [6.45, 7) is 1.64. The summed E-state index contributed by atoms with van der Waals surface area (Å²) in [5, 5.41) is 2.80. The van der Waals surface area contributed by atoms with E-state index in [-0.39, 0.29) is 24.7 Å². The normalized spacial score (nSPS) is 10.6. The van der Waals surface area contributed by atoms with Crippen molar-refractivity contribution in [3.63, 3.8) is 0 Å². The van der Waals surface area contributed by atoms with E-state index < -0.39 is 5.91 Å². The van der Waals surface area contributed by atoms with Crippen LogP contribution in [0.25, 0.3) is 11.5 Å².